The molecular weight excluding hydrogens is 212 g/mol. The predicted molar refractivity (Wildman–Crippen MR) is 58.9 cm³/mol. The van der Waals surface area contributed by atoms with E-state index in [-0.39, 0.29) is 0 Å². The summed E-state index contributed by atoms with van der Waals surface area (Å²) in [6.45, 7) is 5.58. The monoisotopic (exact) mass is 232 g/mol. The largest absolute Gasteiger partial charge is 0.450 e. The minimum Gasteiger partial charge on any atom is -0.450 e. The summed E-state index contributed by atoms with van der Waals surface area (Å²) in [6.07, 6.45) is 0.109. The molecule has 0 aromatic rings. The Kier molecular flexibility index (Phi) is 4.63. The summed E-state index contributed by atoms with van der Waals surface area (Å²) in [5, 5.41) is 19.1. The van der Waals surface area contributed by atoms with Gasteiger partial charge in [-0.05, 0) is 27.7 Å². The van der Waals surface area contributed by atoms with Gasteiger partial charge in [-0.15, -0.1) is 0 Å². The number of carbonyl (C=O) groups is 1. The second-order valence-electron chi connectivity index (χ2n) is 4.21. The van der Waals surface area contributed by atoms with Gasteiger partial charge in [-0.3, -0.25) is 0 Å². The summed E-state index contributed by atoms with van der Waals surface area (Å²) in [7, 11) is 0. The first-order valence-corrected chi connectivity index (χ1v) is 4.86. The summed E-state index contributed by atoms with van der Waals surface area (Å²) in [6, 6.07) is 0. The Morgan fingerprint density at radius 1 is 1.31 bits per heavy atom. The van der Waals surface area contributed by atoms with Crippen molar-refractivity contribution in [2.45, 2.75) is 45.2 Å². The fourth-order valence-corrected chi connectivity index (χ4v) is 1.15. The highest BCUT2D eigenvalue weighted by Crippen LogP contribution is 2.18. The average molecular weight is 232 g/mol. The third kappa shape index (κ3) is 4.28. The van der Waals surface area contributed by atoms with Crippen molar-refractivity contribution in [2.24, 2.45) is 11.5 Å². The number of hydrogen-bond acceptors (Lipinski definition) is 6. The van der Waals surface area contributed by atoms with Gasteiger partial charge in [-0.2, -0.15) is 0 Å². The van der Waals surface area contributed by atoms with Gasteiger partial charge >= 0.3 is 5.97 Å². The minimum atomic E-state index is -1.93. The summed E-state index contributed by atoms with van der Waals surface area (Å²) in [5.41, 5.74) is 7.22. The van der Waals surface area contributed by atoms with Gasteiger partial charge in [0.2, 0.25) is 0 Å². The molecule has 0 spiro atoms. The molecule has 0 heterocycles. The lowest BCUT2D eigenvalue weighted by atomic mass is 10.00. The molecular formula is C10H20N2O4. The van der Waals surface area contributed by atoms with Gasteiger partial charge in [0.1, 0.15) is 0 Å². The van der Waals surface area contributed by atoms with Crippen LogP contribution in [0.15, 0.2) is 11.6 Å². The lowest BCUT2D eigenvalue weighted by molar-refractivity contribution is -0.191. The van der Waals surface area contributed by atoms with Crippen LogP contribution in [0.1, 0.15) is 27.7 Å². The number of aliphatic hydroxyl groups is 2. The molecule has 0 bridgehead atoms. The molecule has 94 valence electrons. The Morgan fingerprint density at radius 3 is 1.94 bits per heavy atom. The van der Waals surface area contributed by atoms with Crippen molar-refractivity contribution in [1.82, 2.24) is 0 Å². The number of hydrogen-bond donors (Lipinski definition) is 4. The van der Waals surface area contributed by atoms with Crippen LogP contribution in [-0.2, 0) is 9.53 Å². The number of esters is 1. The quantitative estimate of drug-likeness (QED) is 0.286. The molecule has 0 aliphatic heterocycles. The number of allylic oxidation sites excluding steroid dienone is 1. The highest BCUT2D eigenvalue weighted by Gasteiger charge is 2.43. The Labute approximate surface area is 94.9 Å². The van der Waals surface area contributed by atoms with Crippen LogP contribution < -0.4 is 11.5 Å². The molecule has 0 aliphatic rings. The molecule has 0 amide bonds. The molecule has 2 atom stereocenters. The van der Waals surface area contributed by atoms with Crippen molar-refractivity contribution in [3.8, 4) is 0 Å². The first-order chi connectivity index (χ1) is 7.00. The van der Waals surface area contributed by atoms with E-state index in [1.165, 1.54) is 26.8 Å². The molecule has 16 heavy (non-hydrogen) atoms. The number of rotatable bonds is 4. The smallest absolute Gasteiger partial charge is 0.333 e. The van der Waals surface area contributed by atoms with E-state index >= 15 is 0 Å². The van der Waals surface area contributed by atoms with Gasteiger partial charge in [-0.25, -0.2) is 4.79 Å². The van der Waals surface area contributed by atoms with E-state index in [0.717, 1.165) is 0 Å². The van der Waals surface area contributed by atoms with Gasteiger partial charge in [0.25, 0.3) is 0 Å². The van der Waals surface area contributed by atoms with Crippen LogP contribution in [0.5, 0.6) is 0 Å². The zero-order chi connectivity index (χ0) is 13.1. The van der Waals surface area contributed by atoms with E-state index < -0.39 is 23.5 Å². The Morgan fingerprint density at radius 2 is 1.69 bits per heavy atom. The standard InChI is InChI=1S/C10H20N2O4/c1-5-6(2)7(13)16-8(9(3,11)14)10(4,12)15/h5,8,14-15H,11-12H2,1-4H3. The molecule has 6 nitrogen and oxygen atoms in total. The molecule has 0 radical (unpaired) electrons. The maximum atomic E-state index is 11.5. The maximum Gasteiger partial charge on any atom is 0.333 e. The molecule has 0 fully saturated rings. The van der Waals surface area contributed by atoms with Crippen LogP contribution in [0.2, 0.25) is 0 Å². The number of nitrogens with two attached hydrogens (primary N) is 2. The fraction of sp³-hybridized carbons (Fsp3) is 0.700. The van der Waals surface area contributed by atoms with Crippen LogP contribution >= 0.6 is 0 Å². The maximum absolute atomic E-state index is 11.5. The van der Waals surface area contributed by atoms with Crippen molar-refractivity contribution in [1.29, 1.82) is 0 Å². The van der Waals surface area contributed by atoms with Gasteiger partial charge in [0, 0.05) is 5.57 Å². The Hall–Kier alpha value is -0.950. The SMILES string of the molecule is CC=C(C)C(=O)OC(C(C)(N)O)C(C)(N)O. The van der Waals surface area contributed by atoms with E-state index in [9.17, 15) is 15.0 Å². The van der Waals surface area contributed by atoms with Crippen molar-refractivity contribution in [2.75, 3.05) is 0 Å². The van der Waals surface area contributed by atoms with Crippen LogP contribution in [0.4, 0.5) is 0 Å². The number of ether oxygens (including phenoxy) is 1. The first-order valence-electron chi connectivity index (χ1n) is 4.86. The summed E-state index contributed by atoms with van der Waals surface area (Å²) >= 11 is 0. The third-order valence-corrected chi connectivity index (χ3v) is 2.04. The molecule has 0 saturated heterocycles. The van der Waals surface area contributed by atoms with Gasteiger partial charge in [0.15, 0.2) is 17.6 Å². The lowest BCUT2D eigenvalue weighted by Gasteiger charge is -2.36. The van der Waals surface area contributed by atoms with E-state index in [4.69, 9.17) is 16.2 Å². The van der Waals surface area contributed by atoms with E-state index in [0.29, 0.717) is 5.57 Å². The zero-order valence-electron chi connectivity index (χ0n) is 10.0. The molecule has 0 aliphatic carbocycles. The summed E-state index contributed by atoms with van der Waals surface area (Å²) < 4.78 is 4.87. The first kappa shape index (κ1) is 15.0. The van der Waals surface area contributed by atoms with E-state index in [2.05, 4.69) is 0 Å². The van der Waals surface area contributed by atoms with Crippen LogP contribution in [0.3, 0.4) is 0 Å². The minimum absolute atomic E-state index is 0.332. The Balaban J connectivity index is 4.92. The van der Waals surface area contributed by atoms with Crippen molar-refractivity contribution >= 4 is 5.97 Å². The molecule has 0 aromatic heterocycles. The van der Waals surface area contributed by atoms with Crippen LogP contribution in [-0.4, -0.2) is 33.7 Å². The predicted octanol–water partition coefficient (Wildman–Crippen LogP) is -0.801. The van der Waals surface area contributed by atoms with Gasteiger partial charge < -0.3 is 26.4 Å². The Bertz CT molecular complexity index is 272. The molecule has 0 saturated carbocycles. The highest BCUT2D eigenvalue weighted by molar-refractivity contribution is 5.87. The normalized spacial score (nSPS) is 21.9. The van der Waals surface area contributed by atoms with Crippen molar-refractivity contribution in [3.63, 3.8) is 0 Å². The highest BCUT2D eigenvalue weighted by atomic mass is 16.6. The second-order valence-corrected chi connectivity index (χ2v) is 4.21. The zero-order valence-corrected chi connectivity index (χ0v) is 10.0. The summed E-state index contributed by atoms with van der Waals surface area (Å²) in [4.78, 5) is 11.5. The average Bonchev–Trinajstić information content (AvgIpc) is 2.08. The molecule has 2 unspecified atom stereocenters. The van der Waals surface area contributed by atoms with Gasteiger partial charge in [-0.1, -0.05) is 6.08 Å². The van der Waals surface area contributed by atoms with Crippen molar-refractivity contribution < 1.29 is 19.7 Å². The molecule has 6 heteroatoms. The van der Waals surface area contributed by atoms with E-state index in [1.807, 2.05) is 0 Å². The second kappa shape index (κ2) is 4.92. The molecule has 0 rings (SSSR count). The third-order valence-electron chi connectivity index (χ3n) is 2.04. The van der Waals surface area contributed by atoms with Gasteiger partial charge in [0.05, 0.1) is 0 Å². The lowest BCUT2D eigenvalue weighted by Crippen LogP contribution is -2.64. The van der Waals surface area contributed by atoms with Crippen LogP contribution in [0, 0.1) is 0 Å². The van der Waals surface area contributed by atoms with Crippen molar-refractivity contribution in [3.05, 3.63) is 11.6 Å². The van der Waals surface area contributed by atoms with E-state index in [1.54, 1.807) is 6.92 Å². The van der Waals surface area contributed by atoms with Crippen LogP contribution in [0.25, 0.3) is 0 Å². The number of carbonyl (C=O) groups excluding carboxylic acids is 1. The topological polar surface area (TPSA) is 119 Å². The molecule has 6 N–H and O–H groups in total. The fourth-order valence-electron chi connectivity index (χ4n) is 1.15. The summed E-state index contributed by atoms with van der Waals surface area (Å²) in [5.74, 6) is -0.691. The molecule has 0 aromatic carbocycles.